The summed E-state index contributed by atoms with van der Waals surface area (Å²) in [5, 5.41) is 4.16. The molecule has 106 valence electrons. The smallest absolute Gasteiger partial charge is 0.137 e. The van der Waals surface area contributed by atoms with Crippen LogP contribution in [0.25, 0.3) is 0 Å². The van der Waals surface area contributed by atoms with Crippen LogP contribution in [0.1, 0.15) is 31.4 Å². The molecule has 0 aromatic heterocycles. The number of likely N-dealkylation sites (N-methyl/N-ethyl adjacent to an activating group) is 1. The van der Waals surface area contributed by atoms with Crippen LogP contribution in [0.15, 0.2) is 18.2 Å². The Balaban J connectivity index is 2.26. The molecule has 1 fully saturated rings. The molecule has 1 aliphatic rings. The fourth-order valence-electron chi connectivity index (χ4n) is 2.54. The van der Waals surface area contributed by atoms with E-state index >= 15 is 0 Å². The maximum absolute atomic E-state index is 6.09. The number of hydrogen-bond acceptors (Lipinski definition) is 3. The molecule has 0 aliphatic heterocycles. The molecular formula is C15H22ClNO2. The van der Waals surface area contributed by atoms with Crippen molar-refractivity contribution in [3.63, 3.8) is 0 Å². The summed E-state index contributed by atoms with van der Waals surface area (Å²) in [6.45, 7) is 3.02. The molecule has 2 atom stereocenters. The maximum Gasteiger partial charge on any atom is 0.137 e. The molecule has 1 saturated carbocycles. The second-order valence-corrected chi connectivity index (χ2v) is 5.37. The quantitative estimate of drug-likeness (QED) is 0.832. The SMILES string of the molecule is CCNC(c1ccc(Cl)c(OC)c1)C(OC)C1CC1. The summed E-state index contributed by atoms with van der Waals surface area (Å²) in [5.74, 6) is 1.38. The van der Waals surface area contributed by atoms with Gasteiger partial charge >= 0.3 is 0 Å². The summed E-state index contributed by atoms with van der Waals surface area (Å²) in [4.78, 5) is 0. The molecule has 0 bridgehead atoms. The van der Waals surface area contributed by atoms with Gasteiger partial charge < -0.3 is 14.8 Å². The first kappa shape index (κ1) is 14.6. The highest BCUT2D eigenvalue weighted by Gasteiger charge is 2.37. The highest BCUT2D eigenvalue weighted by atomic mass is 35.5. The summed E-state index contributed by atoms with van der Waals surface area (Å²) in [7, 11) is 3.43. The average Bonchev–Trinajstić information content (AvgIpc) is 3.24. The van der Waals surface area contributed by atoms with Gasteiger partial charge in [0, 0.05) is 7.11 Å². The molecular weight excluding hydrogens is 262 g/mol. The van der Waals surface area contributed by atoms with Crippen LogP contribution in [0.5, 0.6) is 5.75 Å². The van der Waals surface area contributed by atoms with Crippen LogP contribution >= 0.6 is 11.6 Å². The molecule has 1 aromatic carbocycles. The van der Waals surface area contributed by atoms with Crippen LogP contribution in [0.3, 0.4) is 0 Å². The lowest BCUT2D eigenvalue weighted by molar-refractivity contribution is 0.0511. The second-order valence-electron chi connectivity index (χ2n) is 4.97. The van der Waals surface area contributed by atoms with Crippen LogP contribution in [0, 0.1) is 5.92 Å². The monoisotopic (exact) mass is 283 g/mol. The molecule has 0 saturated heterocycles. The highest BCUT2D eigenvalue weighted by molar-refractivity contribution is 6.32. The van der Waals surface area contributed by atoms with Crippen LogP contribution in [0.4, 0.5) is 0 Å². The average molecular weight is 284 g/mol. The molecule has 1 aromatic rings. The largest absolute Gasteiger partial charge is 0.495 e. The normalized spacial score (nSPS) is 18.1. The third-order valence-corrected chi connectivity index (χ3v) is 3.96. The van der Waals surface area contributed by atoms with Crippen LogP contribution in [-0.2, 0) is 4.74 Å². The van der Waals surface area contributed by atoms with E-state index < -0.39 is 0 Å². The van der Waals surface area contributed by atoms with E-state index in [1.54, 1.807) is 14.2 Å². The Morgan fingerprint density at radius 3 is 2.63 bits per heavy atom. The van der Waals surface area contributed by atoms with Crippen molar-refractivity contribution in [1.82, 2.24) is 5.32 Å². The van der Waals surface area contributed by atoms with Crippen molar-refractivity contribution in [1.29, 1.82) is 0 Å². The third-order valence-electron chi connectivity index (χ3n) is 3.65. The van der Waals surface area contributed by atoms with E-state index in [2.05, 4.69) is 12.2 Å². The minimum Gasteiger partial charge on any atom is -0.495 e. The summed E-state index contributed by atoms with van der Waals surface area (Å²) < 4.78 is 11.0. The van der Waals surface area contributed by atoms with Crippen molar-refractivity contribution in [2.75, 3.05) is 20.8 Å². The van der Waals surface area contributed by atoms with Crippen molar-refractivity contribution in [2.24, 2.45) is 5.92 Å². The van der Waals surface area contributed by atoms with E-state index in [0.29, 0.717) is 16.7 Å². The summed E-state index contributed by atoms with van der Waals surface area (Å²) in [5.41, 5.74) is 1.17. The number of methoxy groups -OCH3 is 2. The predicted octanol–water partition coefficient (Wildman–Crippen LogP) is 3.42. The summed E-state index contributed by atoms with van der Waals surface area (Å²) in [6, 6.07) is 6.13. The van der Waals surface area contributed by atoms with Gasteiger partial charge in [0.05, 0.1) is 24.3 Å². The van der Waals surface area contributed by atoms with E-state index in [9.17, 15) is 0 Å². The van der Waals surface area contributed by atoms with Crippen molar-refractivity contribution in [2.45, 2.75) is 31.9 Å². The summed E-state index contributed by atoms with van der Waals surface area (Å²) >= 11 is 6.09. The first-order valence-corrected chi connectivity index (χ1v) is 7.18. The number of ether oxygens (including phenoxy) is 2. The Bertz CT molecular complexity index is 421. The van der Waals surface area contributed by atoms with Crippen molar-refractivity contribution < 1.29 is 9.47 Å². The lowest BCUT2D eigenvalue weighted by Crippen LogP contribution is -2.34. The molecule has 0 heterocycles. The van der Waals surface area contributed by atoms with Gasteiger partial charge in [-0.05, 0) is 43.0 Å². The first-order valence-electron chi connectivity index (χ1n) is 6.80. The van der Waals surface area contributed by atoms with Crippen LogP contribution in [0.2, 0.25) is 5.02 Å². The predicted molar refractivity (Wildman–Crippen MR) is 77.9 cm³/mol. The molecule has 1 aliphatic carbocycles. The van der Waals surface area contributed by atoms with Gasteiger partial charge in [-0.1, -0.05) is 24.6 Å². The van der Waals surface area contributed by atoms with Gasteiger partial charge in [-0.3, -0.25) is 0 Å². The minimum absolute atomic E-state index is 0.189. The maximum atomic E-state index is 6.09. The Hall–Kier alpha value is -0.770. The molecule has 3 nitrogen and oxygen atoms in total. The van der Waals surface area contributed by atoms with E-state index in [4.69, 9.17) is 21.1 Å². The van der Waals surface area contributed by atoms with Gasteiger partial charge in [-0.25, -0.2) is 0 Å². The van der Waals surface area contributed by atoms with Crippen LogP contribution < -0.4 is 10.1 Å². The lowest BCUT2D eigenvalue weighted by atomic mass is 9.97. The fourth-order valence-corrected chi connectivity index (χ4v) is 2.73. The number of hydrogen-bond donors (Lipinski definition) is 1. The molecule has 0 radical (unpaired) electrons. The van der Waals surface area contributed by atoms with E-state index in [1.807, 2.05) is 18.2 Å². The standard InChI is InChI=1S/C15H22ClNO2/c1-4-17-14(15(19-3)10-5-6-10)11-7-8-12(16)13(9-11)18-2/h7-10,14-15,17H,4-6H2,1-3H3. The molecule has 4 heteroatoms. The Morgan fingerprint density at radius 2 is 2.11 bits per heavy atom. The first-order chi connectivity index (χ1) is 9.21. The van der Waals surface area contributed by atoms with Gasteiger partial charge in [0.25, 0.3) is 0 Å². The van der Waals surface area contributed by atoms with Gasteiger partial charge in [0.2, 0.25) is 0 Å². The van der Waals surface area contributed by atoms with Gasteiger partial charge in [-0.15, -0.1) is 0 Å². The molecule has 19 heavy (non-hydrogen) atoms. The van der Waals surface area contributed by atoms with Gasteiger partial charge in [0.15, 0.2) is 0 Å². The Kier molecular flexibility index (Phi) is 5.08. The van der Waals surface area contributed by atoms with E-state index in [-0.39, 0.29) is 12.1 Å². The zero-order chi connectivity index (χ0) is 13.8. The molecule has 1 N–H and O–H groups in total. The number of nitrogens with one attached hydrogen (secondary N) is 1. The van der Waals surface area contributed by atoms with Crippen molar-refractivity contribution in [3.05, 3.63) is 28.8 Å². The Labute approximate surface area is 120 Å². The van der Waals surface area contributed by atoms with E-state index in [1.165, 1.54) is 18.4 Å². The highest BCUT2D eigenvalue weighted by Crippen LogP contribution is 2.40. The van der Waals surface area contributed by atoms with Gasteiger partial charge in [0.1, 0.15) is 5.75 Å². The molecule has 2 rings (SSSR count). The number of halogens is 1. The van der Waals surface area contributed by atoms with Crippen LogP contribution in [-0.4, -0.2) is 26.9 Å². The zero-order valence-electron chi connectivity index (χ0n) is 11.8. The number of benzene rings is 1. The molecule has 0 spiro atoms. The topological polar surface area (TPSA) is 30.5 Å². The van der Waals surface area contributed by atoms with Crippen molar-refractivity contribution >= 4 is 11.6 Å². The van der Waals surface area contributed by atoms with Crippen molar-refractivity contribution in [3.8, 4) is 5.75 Å². The van der Waals surface area contributed by atoms with Gasteiger partial charge in [-0.2, -0.15) is 0 Å². The lowest BCUT2D eigenvalue weighted by Gasteiger charge is -2.27. The minimum atomic E-state index is 0.189. The van der Waals surface area contributed by atoms with E-state index in [0.717, 1.165) is 6.54 Å². The summed E-state index contributed by atoms with van der Waals surface area (Å²) in [6.07, 6.45) is 2.72. The molecule has 2 unspecified atom stereocenters. The number of rotatable bonds is 7. The molecule has 0 amide bonds. The fraction of sp³-hybridized carbons (Fsp3) is 0.600. The second kappa shape index (κ2) is 6.60. The zero-order valence-corrected chi connectivity index (χ0v) is 12.5. The third kappa shape index (κ3) is 3.41. The Morgan fingerprint density at radius 1 is 1.37 bits per heavy atom.